The van der Waals surface area contributed by atoms with Gasteiger partial charge in [0, 0.05) is 43.6 Å². The predicted molar refractivity (Wildman–Crippen MR) is 70.1 cm³/mol. The van der Waals surface area contributed by atoms with E-state index in [1.807, 2.05) is 11.3 Å². The molecule has 1 aromatic heterocycles. The first kappa shape index (κ1) is 12.0. The fraction of sp³-hybridized carbons (Fsp3) is 0.667. The van der Waals surface area contributed by atoms with Crippen molar-refractivity contribution in [1.82, 2.24) is 15.5 Å². The van der Waals surface area contributed by atoms with Crippen LogP contribution in [0.4, 0.5) is 0 Å². The number of nitrogens with zero attached hydrogens (tertiary/aromatic N) is 1. The Hall–Kier alpha value is -0.420. The number of hydrogen-bond donors (Lipinski definition) is 2. The molecule has 1 atom stereocenters. The summed E-state index contributed by atoms with van der Waals surface area (Å²) in [5.41, 5.74) is 1.41. The zero-order valence-electron chi connectivity index (χ0n) is 10.1. The highest BCUT2D eigenvalue weighted by Gasteiger charge is 2.15. The van der Waals surface area contributed by atoms with E-state index in [4.69, 9.17) is 0 Å². The van der Waals surface area contributed by atoms with E-state index in [0.717, 1.165) is 26.2 Å². The normalized spacial score (nSPS) is 22.5. The summed E-state index contributed by atoms with van der Waals surface area (Å²) in [6.07, 6.45) is 0. The molecule has 0 amide bonds. The van der Waals surface area contributed by atoms with Crippen LogP contribution in [-0.4, -0.2) is 44.2 Å². The Bertz CT molecular complexity index is 324. The van der Waals surface area contributed by atoms with Gasteiger partial charge in [-0.05, 0) is 31.0 Å². The molecule has 0 radical (unpaired) electrons. The average molecular weight is 239 g/mol. The molecule has 1 aliphatic rings. The first-order valence-electron chi connectivity index (χ1n) is 5.91. The van der Waals surface area contributed by atoms with Crippen molar-refractivity contribution >= 4 is 11.3 Å². The van der Waals surface area contributed by atoms with E-state index in [-0.39, 0.29) is 0 Å². The molecular weight excluding hydrogens is 218 g/mol. The van der Waals surface area contributed by atoms with Gasteiger partial charge in [-0.25, -0.2) is 0 Å². The zero-order valence-corrected chi connectivity index (χ0v) is 10.9. The smallest absolute Gasteiger partial charge is 0.0320 e. The van der Waals surface area contributed by atoms with Crippen LogP contribution in [0.1, 0.15) is 10.4 Å². The van der Waals surface area contributed by atoms with Crippen LogP contribution in [0.15, 0.2) is 11.4 Å². The third kappa shape index (κ3) is 3.28. The fourth-order valence-corrected chi connectivity index (χ4v) is 2.95. The van der Waals surface area contributed by atoms with Gasteiger partial charge in [-0.15, -0.1) is 11.3 Å². The van der Waals surface area contributed by atoms with Gasteiger partial charge >= 0.3 is 0 Å². The van der Waals surface area contributed by atoms with Crippen molar-refractivity contribution in [2.24, 2.45) is 0 Å². The Morgan fingerprint density at radius 2 is 2.50 bits per heavy atom. The minimum absolute atomic E-state index is 0.596. The van der Waals surface area contributed by atoms with Crippen LogP contribution >= 0.6 is 11.3 Å². The van der Waals surface area contributed by atoms with Crippen LogP contribution in [-0.2, 0) is 6.54 Å². The Morgan fingerprint density at radius 3 is 3.19 bits per heavy atom. The van der Waals surface area contributed by atoms with E-state index >= 15 is 0 Å². The molecule has 0 bridgehead atoms. The van der Waals surface area contributed by atoms with Crippen LogP contribution < -0.4 is 10.6 Å². The lowest BCUT2D eigenvalue weighted by Crippen LogP contribution is -2.52. The van der Waals surface area contributed by atoms with Gasteiger partial charge in [0.05, 0.1) is 0 Å². The summed E-state index contributed by atoms with van der Waals surface area (Å²) in [7, 11) is 2.19. The quantitative estimate of drug-likeness (QED) is 0.822. The molecule has 0 saturated carbocycles. The van der Waals surface area contributed by atoms with Crippen LogP contribution in [0.3, 0.4) is 0 Å². The lowest BCUT2D eigenvalue weighted by molar-refractivity contribution is 0.235. The maximum Gasteiger partial charge on any atom is 0.0320 e. The van der Waals surface area contributed by atoms with Crippen molar-refractivity contribution < 1.29 is 0 Å². The third-order valence-corrected chi connectivity index (χ3v) is 4.13. The molecule has 4 heteroatoms. The summed E-state index contributed by atoms with van der Waals surface area (Å²) in [6, 6.07) is 2.79. The van der Waals surface area contributed by atoms with Gasteiger partial charge in [-0.1, -0.05) is 0 Å². The monoisotopic (exact) mass is 239 g/mol. The minimum Gasteiger partial charge on any atom is -0.310 e. The van der Waals surface area contributed by atoms with Crippen molar-refractivity contribution in [3.05, 3.63) is 21.9 Å². The molecule has 2 heterocycles. The van der Waals surface area contributed by atoms with Crippen LogP contribution in [0.5, 0.6) is 0 Å². The second-order valence-corrected chi connectivity index (χ2v) is 5.57. The number of thiophene rings is 1. The number of likely N-dealkylation sites (N-methyl/N-ethyl adjacent to an activating group) is 1. The van der Waals surface area contributed by atoms with Gasteiger partial charge in [0.1, 0.15) is 0 Å². The second kappa shape index (κ2) is 5.77. The molecule has 3 nitrogen and oxygen atoms in total. The van der Waals surface area contributed by atoms with Crippen molar-refractivity contribution in [1.29, 1.82) is 0 Å². The van der Waals surface area contributed by atoms with Gasteiger partial charge in [-0.3, -0.25) is 0 Å². The molecule has 1 aromatic rings. The number of hydrogen-bond acceptors (Lipinski definition) is 4. The topological polar surface area (TPSA) is 27.3 Å². The van der Waals surface area contributed by atoms with E-state index in [1.54, 1.807) is 0 Å². The zero-order chi connectivity index (χ0) is 11.4. The molecule has 90 valence electrons. The van der Waals surface area contributed by atoms with E-state index in [1.165, 1.54) is 17.0 Å². The SMILES string of the molecule is Cc1ccsc1CNCC1CN(C)CCN1. The highest BCUT2D eigenvalue weighted by molar-refractivity contribution is 7.10. The molecule has 0 aliphatic carbocycles. The highest BCUT2D eigenvalue weighted by atomic mass is 32.1. The van der Waals surface area contributed by atoms with E-state index in [9.17, 15) is 0 Å². The maximum atomic E-state index is 3.54. The number of nitrogens with one attached hydrogen (secondary N) is 2. The van der Waals surface area contributed by atoms with E-state index in [0.29, 0.717) is 6.04 Å². The standard InChI is InChI=1S/C12H21N3S/c1-10-3-6-16-12(10)8-13-7-11-9-15(2)5-4-14-11/h3,6,11,13-14H,4-5,7-9H2,1-2H3. The Morgan fingerprint density at radius 1 is 1.62 bits per heavy atom. The molecule has 2 N–H and O–H groups in total. The first-order valence-corrected chi connectivity index (χ1v) is 6.79. The molecule has 1 saturated heterocycles. The van der Waals surface area contributed by atoms with Crippen molar-refractivity contribution in [3.63, 3.8) is 0 Å². The van der Waals surface area contributed by atoms with Crippen LogP contribution in [0.25, 0.3) is 0 Å². The lowest BCUT2D eigenvalue weighted by Gasteiger charge is -2.31. The Kier molecular flexibility index (Phi) is 4.35. The molecule has 16 heavy (non-hydrogen) atoms. The number of rotatable bonds is 4. The predicted octanol–water partition coefficient (Wildman–Crippen LogP) is 1.05. The van der Waals surface area contributed by atoms with Crippen molar-refractivity contribution in [3.8, 4) is 0 Å². The minimum atomic E-state index is 0.596. The summed E-state index contributed by atoms with van der Waals surface area (Å²) in [6.45, 7) is 7.67. The average Bonchev–Trinajstić information content (AvgIpc) is 2.65. The lowest BCUT2D eigenvalue weighted by atomic mass is 10.2. The molecule has 1 aliphatic heterocycles. The van der Waals surface area contributed by atoms with E-state index in [2.05, 4.69) is 41.0 Å². The summed E-state index contributed by atoms with van der Waals surface area (Å²) < 4.78 is 0. The number of piperazine rings is 1. The largest absolute Gasteiger partial charge is 0.310 e. The fourth-order valence-electron chi connectivity index (χ4n) is 2.07. The molecule has 1 unspecified atom stereocenters. The summed E-state index contributed by atoms with van der Waals surface area (Å²) in [5.74, 6) is 0. The molecule has 0 spiro atoms. The van der Waals surface area contributed by atoms with Gasteiger partial charge < -0.3 is 15.5 Å². The van der Waals surface area contributed by atoms with Gasteiger partial charge in [-0.2, -0.15) is 0 Å². The summed E-state index contributed by atoms with van der Waals surface area (Å²) >= 11 is 1.84. The first-order chi connectivity index (χ1) is 7.75. The summed E-state index contributed by atoms with van der Waals surface area (Å²) in [5, 5.41) is 9.25. The Labute approximate surface area is 102 Å². The maximum absolute atomic E-state index is 3.54. The Balaban J connectivity index is 1.70. The highest BCUT2D eigenvalue weighted by Crippen LogP contribution is 2.14. The van der Waals surface area contributed by atoms with Crippen LogP contribution in [0, 0.1) is 6.92 Å². The molecule has 1 fully saturated rings. The molecule has 0 aromatic carbocycles. The second-order valence-electron chi connectivity index (χ2n) is 4.57. The van der Waals surface area contributed by atoms with Crippen LogP contribution in [0.2, 0.25) is 0 Å². The van der Waals surface area contributed by atoms with Gasteiger partial charge in [0.15, 0.2) is 0 Å². The molecular formula is C12H21N3S. The third-order valence-electron chi connectivity index (χ3n) is 3.10. The van der Waals surface area contributed by atoms with Gasteiger partial charge in [0.2, 0.25) is 0 Å². The number of aryl methyl sites for hydroxylation is 1. The van der Waals surface area contributed by atoms with Crippen molar-refractivity contribution in [2.75, 3.05) is 33.2 Å². The van der Waals surface area contributed by atoms with Crippen molar-refractivity contribution in [2.45, 2.75) is 19.5 Å². The summed E-state index contributed by atoms with van der Waals surface area (Å²) in [4.78, 5) is 3.85. The van der Waals surface area contributed by atoms with Gasteiger partial charge in [0.25, 0.3) is 0 Å². The van der Waals surface area contributed by atoms with E-state index < -0.39 is 0 Å². The molecule has 2 rings (SSSR count).